The van der Waals surface area contributed by atoms with Crippen molar-refractivity contribution in [3.63, 3.8) is 0 Å². The van der Waals surface area contributed by atoms with Crippen LogP contribution in [-0.2, 0) is 19.5 Å². The summed E-state index contributed by atoms with van der Waals surface area (Å²) in [6.45, 7) is 16.5. The summed E-state index contributed by atoms with van der Waals surface area (Å²) in [6, 6.07) is 0. The summed E-state index contributed by atoms with van der Waals surface area (Å²) < 4.78 is 0. The van der Waals surface area contributed by atoms with Crippen molar-refractivity contribution in [3.8, 4) is 0 Å². The summed E-state index contributed by atoms with van der Waals surface area (Å²) in [5, 5.41) is 0. The second-order valence-corrected chi connectivity index (χ2v) is 9.60. The summed E-state index contributed by atoms with van der Waals surface area (Å²) in [7, 11) is -0.861. The van der Waals surface area contributed by atoms with Crippen molar-refractivity contribution in [1.29, 1.82) is 0 Å². The van der Waals surface area contributed by atoms with E-state index in [2.05, 4.69) is 40.0 Å². The second kappa shape index (κ2) is 12.8. The molecule has 0 aromatic carbocycles. The Bertz CT molecular complexity index is 66.6. The Morgan fingerprint density at radius 2 is 1.38 bits per heavy atom. The molecule has 0 fully saturated rings. The zero-order valence-corrected chi connectivity index (χ0v) is 14.1. The van der Waals surface area contributed by atoms with E-state index in [0.29, 0.717) is 0 Å². The molecule has 0 aromatic rings. The van der Waals surface area contributed by atoms with Crippen molar-refractivity contribution < 1.29 is 19.5 Å². The molecule has 0 bridgehead atoms. The van der Waals surface area contributed by atoms with Crippen LogP contribution in [0.25, 0.3) is 0 Å². The van der Waals surface area contributed by atoms with Crippen molar-refractivity contribution >= 4 is 8.07 Å². The third-order valence-corrected chi connectivity index (χ3v) is 1.10. The number of unbranched alkanes of at least 4 members (excludes halogenated alkanes) is 4. The third-order valence-electron chi connectivity index (χ3n) is 1.10. The molecule has 76 valence electrons. The van der Waals surface area contributed by atoms with Gasteiger partial charge in [0.2, 0.25) is 0 Å². The monoisotopic (exact) mass is 250 g/mol. The van der Waals surface area contributed by atoms with E-state index in [1.54, 1.807) is 0 Å². The maximum absolute atomic E-state index is 3.91. The molecule has 0 aliphatic carbocycles. The third kappa shape index (κ3) is 64.4. The van der Waals surface area contributed by atoms with Gasteiger partial charge in [-0.25, -0.2) is 0 Å². The van der Waals surface area contributed by atoms with Gasteiger partial charge in [0.05, 0.1) is 0 Å². The summed E-state index contributed by atoms with van der Waals surface area (Å²) in [4.78, 5) is 0. The largest absolute Gasteiger partial charge is 2.00 e. The number of hydrogen-bond acceptors (Lipinski definition) is 0. The van der Waals surface area contributed by atoms with Gasteiger partial charge in [-0.1, -0.05) is 52.2 Å². The molecule has 0 rings (SSSR count). The van der Waals surface area contributed by atoms with Crippen LogP contribution in [-0.4, -0.2) is 8.07 Å². The molecular formula is C11H26SiZn. The Morgan fingerprint density at radius 3 is 1.62 bits per heavy atom. The second-order valence-electron chi connectivity index (χ2n) is 4.47. The number of hydrogen-bond donors (Lipinski definition) is 0. The van der Waals surface area contributed by atoms with Gasteiger partial charge in [-0.05, 0) is 0 Å². The minimum absolute atomic E-state index is 0. The Kier molecular flexibility index (Phi) is 19.2. The van der Waals surface area contributed by atoms with Gasteiger partial charge in [-0.15, -0.1) is 8.07 Å². The average molecular weight is 252 g/mol. The van der Waals surface area contributed by atoms with Crippen molar-refractivity contribution in [2.45, 2.75) is 58.7 Å². The van der Waals surface area contributed by atoms with Crippen LogP contribution in [0.4, 0.5) is 0 Å². The molecule has 0 saturated heterocycles. The molecule has 2 heteroatoms. The molecule has 0 N–H and O–H groups in total. The van der Waals surface area contributed by atoms with Gasteiger partial charge in [-0.3, -0.25) is 0 Å². The van der Waals surface area contributed by atoms with Crippen LogP contribution in [0.2, 0.25) is 19.6 Å². The predicted molar refractivity (Wildman–Crippen MR) is 62.8 cm³/mol. The zero-order valence-electron chi connectivity index (χ0n) is 10.2. The number of rotatable bonds is 4. The minimum atomic E-state index is -0.861. The predicted octanol–water partition coefficient (Wildman–Crippen LogP) is 4.49. The molecule has 0 heterocycles. The first-order valence-corrected chi connectivity index (χ1v) is 8.77. The SMILES string of the molecule is [CH2-]CCCCCC.[CH2-][Si](C)(C)C.[Zn+2]. The molecule has 13 heavy (non-hydrogen) atoms. The summed E-state index contributed by atoms with van der Waals surface area (Å²) in [5.74, 6) is 0. The van der Waals surface area contributed by atoms with E-state index < -0.39 is 8.07 Å². The van der Waals surface area contributed by atoms with E-state index in [1.807, 2.05) is 0 Å². The van der Waals surface area contributed by atoms with E-state index in [1.165, 1.54) is 25.7 Å². The maximum Gasteiger partial charge on any atom is 2.00 e. The van der Waals surface area contributed by atoms with Crippen molar-refractivity contribution in [1.82, 2.24) is 0 Å². The zero-order chi connectivity index (χ0) is 10.0. The minimum Gasteiger partial charge on any atom is -0.343 e. The van der Waals surface area contributed by atoms with Crippen molar-refractivity contribution in [2.75, 3.05) is 0 Å². The molecule has 0 saturated carbocycles. The fourth-order valence-electron chi connectivity index (χ4n) is 0.604. The fraction of sp³-hybridized carbons (Fsp3) is 0.818. The summed E-state index contributed by atoms with van der Waals surface area (Å²) in [6.07, 6.45) is 6.52. The van der Waals surface area contributed by atoms with Crippen LogP contribution in [0.5, 0.6) is 0 Å². The van der Waals surface area contributed by atoms with Gasteiger partial charge in [0.15, 0.2) is 0 Å². The van der Waals surface area contributed by atoms with Gasteiger partial charge >= 0.3 is 19.5 Å². The van der Waals surface area contributed by atoms with E-state index in [4.69, 9.17) is 0 Å². The molecule has 0 atom stereocenters. The van der Waals surface area contributed by atoms with Crippen LogP contribution >= 0.6 is 0 Å². The molecule has 0 aliphatic heterocycles. The average Bonchev–Trinajstić information content (AvgIpc) is 1.85. The Hall–Kier alpha value is 0.840. The van der Waals surface area contributed by atoms with Crippen molar-refractivity contribution in [2.24, 2.45) is 0 Å². The van der Waals surface area contributed by atoms with Gasteiger partial charge < -0.3 is 13.5 Å². The van der Waals surface area contributed by atoms with Gasteiger partial charge in [-0.2, -0.15) is 6.42 Å². The molecule has 0 unspecified atom stereocenters. The first-order valence-electron chi connectivity index (χ1n) is 5.06. The molecule has 0 nitrogen and oxygen atoms in total. The van der Waals surface area contributed by atoms with Crippen LogP contribution < -0.4 is 0 Å². The molecule has 0 spiro atoms. The summed E-state index contributed by atoms with van der Waals surface area (Å²) >= 11 is 0. The standard InChI is InChI=1S/C7H15.C4H11Si.Zn/c1-3-5-7-6-4-2;1-5(2,3)4;/h1,3-7H2,2H3;1H2,2-4H3;/q2*-1;+2. The van der Waals surface area contributed by atoms with Gasteiger partial charge in [0.25, 0.3) is 0 Å². The fourth-order valence-corrected chi connectivity index (χ4v) is 0.604. The van der Waals surface area contributed by atoms with Crippen LogP contribution in [0, 0.1) is 13.5 Å². The van der Waals surface area contributed by atoms with Gasteiger partial charge in [0, 0.05) is 0 Å². The first kappa shape index (κ1) is 19.4. The molecular weight excluding hydrogens is 226 g/mol. The topological polar surface area (TPSA) is 0 Å². The van der Waals surface area contributed by atoms with E-state index in [9.17, 15) is 0 Å². The molecule has 0 aliphatic rings. The van der Waals surface area contributed by atoms with E-state index in [0.717, 1.165) is 6.42 Å². The Morgan fingerprint density at radius 1 is 1.00 bits per heavy atom. The van der Waals surface area contributed by atoms with E-state index in [-0.39, 0.29) is 19.5 Å². The molecule has 0 radical (unpaired) electrons. The van der Waals surface area contributed by atoms with Crippen LogP contribution in [0.3, 0.4) is 0 Å². The Balaban J connectivity index is -0.000000150. The summed E-state index contributed by atoms with van der Waals surface area (Å²) in [5.41, 5.74) is 0. The van der Waals surface area contributed by atoms with Crippen molar-refractivity contribution in [3.05, 3.63) is 13.5 Å². The van der Waals surface area contributed by atoms with Crippen LogP contribution in [0.15, 0.2) is 0 Å². The molecule has 0 aromatic heterocycles. The van der Waals surface area contributed by atoms with E-state index >= 15 is 0 Å². The quantitative estimate of drug-likeness (QED) is 0.392. The van der Waals surface area contributed by atoms with Crippen LogP contribution in [0.1, 0.15) is 39.0 Å². The Labute approximate surface area is 99.7 Å². The maximum atomic E-state index is 3.91. The first-order chi connectivity index (χ1) is 5.41. The normalized spacial score (nSPS) is 9.69. The smallest absolute Gasteiger partial charge is 0.343 e. The van der Waals surface area contributed by atoms with Gasteiger partial charge in [0.1, 0.15) is 0 Å². The molecule has 0 amide bonds.